The van der Waals surface area contributed by atoms with E-state index in [0.29, 0.717) is 36.0 Å². The van der Waals surface area contributed by atoms with Crippen LogP contribution in [0.3, 0.4) is 0 Å². The molecular weight excluding hydrogens is 410 g/mol. The fourth-order valence-electron chi connectivity index (χ4n) is 3.95. The topological polar surface area (TPSA) is 87.4 Å². The molecule has 0 amide bonds. The highest BCUT2D eigenvalue weighted by Gasteiger charge is 2.21. The van der Waals surface area contributed by atoms with E-state index in [2.05, 4.69) is 15.9 Å². The summed E-state index contributed by atoms with van der Waals surface area (Å²) in [7, 11) is 4.71. The number of piperazine rings is 1. The van der Waals surface area contributed by atoms with Gasteiger partial charge in [-0.3, -0.25) is 4.90 Å². The quantitative estimate of drug-likeness (QED) is 0.601. The first-order valence-electron chi connectivity index (χ1n) is 10.6. The Morgan fingerprint density at radius 3 is 2.34 bits per heavy atom. The third kappa shape index (κ3) is 5.62. The van der Waals surface area contributed by atoms with Gasteiger partial charge >= 0.3 is 0 Å². The fraction of sp³-hybridized carbons (Fsp3) is 0.458. The van der Waals surface area contributed by atoms with Crippen LogP contribution in [-0.4, -0.2) is 76.8 Å². The lowest BCUT2D eigenvalue weighted by Gasteiger charge is -2.37. The highest BCUT2D eigenvalue weighted by atomic mass is 16.5. The van der Waals surface area contributed by atoms with Crippen molar-refractivity contribution in [3.8, 4) is 23.3 Å². The minimum atomic E-state index is -0.598. The molecule has 1 unspecified atom stereocenters. The molecule has 3 rings (SSSR count). The maximum Gasteiger partial charge on any atom is 0.203 e. The summed E-state index contributed by atoms with van der Waals surface area (Å²) >= 11 is 0. The minimum Gasteiger partial charge on any atom is -0.493 e. The Morgan fingerprint density at radius 1 is 0.969 bits per heavy atom. The normalized spacial score (nSPS) is 15.2. The Morgan fingerprint density at radius 2 is 1.69 bits per heavy atom. The van der Waals surface area contributed by atoms with Gasteiger partial charge in [0.05, 0.1) is 51.9 Å². The molecule has 2 aromatic carbocycles. The Kier molecular flexibility index (Phi) is 8.56. The zero-order valence-corrected chi connectivity index (χ0v) is 18.9. The summed E-state index contributed by atoms with van der Waals surface area (Å²) in [6, 6.07) is 13.6. The lowest BCUT2D eigenvalue weighted by atomic mass is 10.1. The molecule has 1 N–H and O–H groups in total. The van der Waals surface area contributed by atoms with Crippen LogP contribution in [-0.2, 0) is 11.3 Å². The molecule has 8 heteroatoms. The smallest absolute Gasteiger partial charge is 0.203 e. The van der Waals surface area contributed by atoms with Crippen molar-refractivity contribution in [2.45, 2.75) is 12.7 Å². The van der Waals surface area contributed by atoms with Crippen LogP contribution < -0.4 is 19.1 Å². The highest BCUT2D eigenvalue weighted by molar-refractivity contribution is 5.59. The summed E-state index contributed by atoms with van der Waals surface area (Å²) in [5.41, 5.74) is 2.49. The van der Waals surface area contributed by atoms with Crippen LogP contribution in [0.1, 0.15) is 11.1 Å². The standard InChI is InChI=1S/C24H31N3O5/c1-29-22-9-8-19(23(30-2)24(22)31-3)16-32-17-20(28)15-26-10-12-27(13-11-26)21-7-5-4-6-18(21)14-25/h4-9,20,28H,10-13,15-17H2,1-3H3. The summed E-state index contributed by atoms with van der Waals surface area (Å²) < 4.78 is 21.9. The van der Waals surface area contributed by atoms with Gasteiger partial charge in [0.1, 0.15) is 6.07 Å². The molecule has 1 atom stereocenters. The molecule has 32 heavy (non-hydrogen) atoms. The van der Waals surface area contributed by atoms with Gasteiger partial charge in [0.25, 0.3) is 0 Å². The molecule has 0 aromatic heterocycles. The van der Waals surface area contributed by atoms with Crippen molar-refractivity contribution in [1.29, 1.82) is 5.26 Å². The Hall–Kier alpha value is -2.99. The van der Waals surface area contributed by atoms with Gasteiger partial charge in [0.2, 0.25) is 5.75 Å². The second kappa shape index (κ2) is 11.6. The van der Waals surface area contributed by atoms with Crippen LogP contribution >= 0.6 is 0 Å². The van der Waals surface area contributed by atoms with Crippen LogP contribution in [0.2, 0.25) is 0 Å². The number of nitriles is 1. The Bertz CT molecular complexity index is 922. The van der Waals surface area contributed by atoms with E-state index in [1.165, 1.54) is 0 Å². The van der Waals surface area contributed by atoms with Crippen molar-refractivity contribution in [3.05, 3.63) is 47.5 Å². The van der Waals surface area contributed by atoms with Crippen LogP contribution in [0.5, 0.6) is 17.2 Å². The number of aliphatic hydroxyl groups excluding tert-OH is 1. The summed E-state index contributed by atoms with van der Waals surface area (Å²) in [6.45, 7) is 4.32. The van der Waals surface area contributed by atoms with Crippen molar-refractivity contribution in [2.75, 3.05) is 65.6 Å². The van der Waals surface area contributed by atoms with Gasteiger partial charge in [-0.2, -0.15) is 5.26 Å². The number of aliphatic hydroxyl groups is 1. The maximum absolute atomic E-state index is 10.5. The summed E-state index contributed by atoms with van der Waals surface area (Å²) in [5.74, 6) is 1.67. The predicted molar refractivity (Wildman–Crippen MR) is 122 cm³/mol. The molecule has 0 bridgehead atoms. The molecule has 172 valence electrons. The first-order chi connectivity index (χ1) is 15.6. The fourth-order valence-corrected chi connectivity index (χ4v) is 3.95. The Balaban J connectivity index is 1.46. The number of para-hydroxylation sites is 1. The number of methoxy groups -OCH3 is 3. The van der Waals surface area contributed by atoms with Gasteiger partial charge in [-0.15, -0.1) is 0 Å². The van der Waals surface area contributed by atoms with Crippen LogP contribution in [0.25, 0.3) is 0 Å². The average molecular weight is 442 g/mol. The second-order valence-electron chi connectivity index (χ2n) is 7.58. The maximum atomic E-state index is 10.5. The van der Waals surface area contributed by atoms with E-state index >= 15 is 0 Å². The van der Waals surface area contributed by atoms with Crippen LogP contribution in [0.4, 0.5) is 5.69 Å². The van der Waals surface area contributed by atoms with Crippen LogP contribution in [0.15, 0.2) is 36.4 Å². The number of β-amino-alcohol motifs (C(OH)–C–C–N with tert-alkyl or cyclic N) is 1. The minimum absolute atomic E-state index is 0.217. The molecule has 8 nitrogen and oxygen atoms in total. The third-order valence-electron chi connectivity index (χ3n) is 5.56. The first kappa shape index (κ1) is 23.7. The van der Waals surface area contributed by atoms with E-state index in [1.807, 2.05) is 30.3 Å². The molecule has 1 aliphatic heterocycles. The van der Waals surface area contributed by atoms with Crippen molar-refractivity contribution >= 4 is 5.69 Å². The molecule has 1 aliphatic rings. The molecular formula is C24H31N3O5. The molecule has 1 fully saturated rings. The number of hydrogen-bond donors (Lipinski definition) is 1. The first-order valence-corrected chi connectivity index (χ1v) is 10.6. The van der Waals surface area contributed by atoms with Gasteiger partial charge < -0.3 is 29.0 Å². The number of rotatable bonds is 10. The summed E-state index contributed by atoms with van der Waals surface area (Å²) in [5, 5.41) is 19.8. The van der Waals surface area contributed by atoms with Gasteiger partial charge in [-0.25, -0.2) is 0 Å². The second-order valence-corrected chi connectivity index (χ2v) is 7.58. The van der Waals surface area contributed by atoms with Crippen molar-refractivity contribution < 1.29 is 24.1 Å². The van der Waals surface area contributed by atoms with Crippen molar-refractivity contribution in [1.82, 2.24) is 4.90 Å². The van der Waals surface area contributed by atoms with Crippen LogP contribution in [0, 0.1) is 11.3 Å². The van der Waals surface area contributed by atoms with Gasteiger partial charge in [-0.05, 0) is 24.3 Å². The average Bonchev–Trinajstić information content (AvgIpc) is 2.83. The lowest BCUT2D eigenvalue weighted by Crippen LogP contribution is -2.49. The molecule has 1 saturated heterocycles. The molecule has 0 spiro atoms. The summed E-state index contributed by atoms with van der Waals surface area (Å²) in [4.78, 5) is 4.44. The molecule has 1 heterocycles. The predicted octanol–water partition coefficient (Wildman–Crippen LogP) is 2.28. The number of anilines is 1. The van der Waals surface area contributed by atoms with Gasteiger partial charge in [-0.1, -0.05) is 12.1 Å². The largest absolute Gasteiger partial charge is 0.493 e. The van der Waals surface area contributed by atoms with E-state index in [9.17, 15) is 10.4 Å². The number of benzene rings is 2. The van der Waals surface area contributed by atoms with E-state index in [4.69, 9.17) is 18.9 Å². The molecule has 0 saturated carbocycles. The van der Waals surface area contributed by atoms with E-state index < -0.39 is 6.10 Å². The monoisotopic (exact) mass is 441 g/mol. The van der Waals surface area contributed by atoms with E-state index in [0.717, 1.165) is 37.4 Å². The van der Waals surface area contributed by atoms with Gasteiger partial charge in [0.15, 0.2) is 11.5 Å². The van der Waals surface area contributed by atoms with E-state index in [1.54, 1.807) is 27.4 Å². The van der Waals surface area contributed by atoms with Crippen molar-refractivity contribution in [3.63, 3.8) is 0 Å². The zero-order chi connectivity index (χ0) is 22.9. The number of hydrogen-bond acceptors (Lipinski definition) is 8. The van der Waals surface area contributed by atoms with E-state index in [-0.39, 0.29) is 6.61 Å². The zero-order valence-electron chi connectivity index (χ0n) is 18.9. The number of ether oxygens (including phenoxy) is 4. The van der Waals surface area contributed by atoms with Gasteiger partial charge in [0, 0.05) is 38.3 Å². The number of nitrogens with zero attached hydrogens (tertiary/aromatic N) is 3. The molecule has 0 aliphatic carbocycles. The lowest BCUT2D eigenvalue weighted by molar-refractivity contribution is 0.00858. The summed E-state index contributed by atoms with van der Waals surface area (Å²) in [6.07, 6.45) is -0.598. The van der Waals surface area contributed by atoms with Crippen molar-refractivity contribution in [2.24, 2.45) is 0 Å². The third-order valence-corrected chi connectivity index (χ3v) is 5.56. The Labute approximate surface area is 189 Å². The highest BCUT2D eigenvalue weighted by Crippen LogP contribution is 2.39. The molecule has 0 radical (unpaired) electrons. The molecule has 2 aromatic rings. The SMILES string of the molecule is COc1ccc(COCC(O)CN2CCN(c3ccccc3C#N)CC2)c(OC)c1OC.